The number of hydrogen-bond acceptors (Lipinski definition) is 4. The molecule has 0 amide bonds. The molecule has 152 valence electrons. The third kappa shape index (κ3) is 5.75. The van der Waals surface area contributed by atoms with E-state index in [2.05, 4.69) is 49.4 Å². The van der Waals surface area contributed by atoms with E-state index in [0.717, 1.165) is 29.6 Å². The van der Waals surface area contributed by atoms with Gasteiger partial charge in [0.05, 0.1) is 20.5 Å². The second-order valence-corrected chi connectivity index (χ2v) is 6.51. The van der Waals surface area contributed by atoms with Crippen molar-refractivity contribution in [2.24, 2.45) is 4.99 Å². The molecule has 3 aromatic rings. The summed E-state index contributed by atoms with van der Waals surface area (Å²) in [6.07, 6.45) is 5.58. The van der Waals surface area contributed by atoms with Crippen molar-refractivity contribution in [3.8, 4) is 11.5 Å². The van der Waals surface area contributed by atoms with Gasteiger partial charge in [-0.3, -0.25) is 4.99 Å². The Labute approximate surface area is 171 Å². The smallest absolute Gasteiger partial charge is 0.191 e. The summed E-state index contributed by atoms with van der Waals surface area (Å²) in [5.74, 6) is 2.27. The fourth-order valence-electron chi connectivity index (χ4n) is 3.01. The quantitative estimate of drug-likeness (QED) is 0.455. The first-order chi connectivity index (χ1) is 14.2. The van der Waals surface area contributed by atoms with Crippen LogP contribution >= 0.6 is 0 Å². The average Bonchev–Trinajstić information content (AvgIpc) is 3.27. The molecule has 0 atom stereocenters. The van der Waals surface area contributed by atoms with E-state index >= 15 is 0 Å². The third-order valence-electron chi connectivity index (χ3n) is 4.54. The van der Waals surface area contributed by atoms with Crippen molar-refractivity contribution in [2.45, 2.75) is 19.6 Å². The molecule has 0 saturated carbocycles. The van der Waals surface area contributed by atoms with Crippen LogP contribution < -0.4 is 20.1 Å². The molecular weight excluding hydrogens is 366 g/mol. The van der Waals surface area contributed by atoms with Gasteiger partial charge in [-0.15, -0.1) is 0 Å². The molecule has 29 heavy (non-hydrogen) atoms. The molecule has 0 aliphatic heterocycles. The largest absolute Gasteiger partial charge is 0.497 e. The zero-order valence-electron chi connectivity index (χ0n) is 17.1. The molecule has 0 bridgehead atoms. The SMILES string of the molecule is CN=C(NCc1cccc(Cn2ccnc2)c1)NCc1ccc(OC)cc1OC. The van der Waals surface area contributed by atoms with Crippen molar-refractivity contribution in [2.75, 3.05) is 21.3 Å². The van der Waals surface area contributed by atoms with Gasteiger partial charge in [-0.2, -0.15) is 0 Å². The lowest BCUT2D eigenvalue weighted by Crippen LogP contribution is -2.36. The Hall–Kier alpha value is -3.48. The highest BCUT2D eigenvalue weighted by Crippen LogP contribution is 2.24. The molecular formula is C22H27N5O2. The maximum atomic E-state index is 5.45. The molecule has 2 N–H and O–H groups in total. The maximum Gasteiger partial charge on any atom is 0.191 e. The first kappa shape index (κ1) is 20.3. The van der Waals surface area contributed by atoms with Crippen molar-refractivity contribution in [3.05, 3.63) is 77.9 Å². The lowest BCUT2D eigenvalue weighted by atomic mass is 10.1. The van der Waals surface area contributed by atoms with Crippen molar-refractivity contribution in [3.63, 3.8) is 0 Å². The molecule has 2 aromatic carbocycles. The van der Waals surface area contributed by atoms with Crippen molar-refractivity contribution < 1.29 is 9.47 Å². The normalized spacial score (nSPS) is 11.2. The summed E-state index contributed by atoms with van der Waals surface area (Å²) in [6.45, 7) is 2.07. The van der Waals surface area contributed by atoms with E-state index < -0.39 is 0 Å². The van der Waals surface area contributed by atoms with Crippen molar-refractivity contribution in [1.29, 1.82) is 0 Å². The van der Waals surface area contributed by atoms with Crippen LogP contribution in [-0.4, -0.2) is 36.8 Å². The third-order valence-corrected chi connectivity index (χ3v) is 4.54. The molecule has 1 aromatic heterocycles. The number of methoxy groups -OCH3 is 2. The van der Waals surface area contributed by atoms with Gasteiger partial charge in [0.25, 0.3) is 0 Å². The molecule has 3 rings (SSSR count). The molecule has 0 unspecified atom stereocenters. The molecule has 0 saturated heterocycles. The van der Waals surface area contributed by atoms with Crippen LogP contribution in [0, 0.1) is 0 Å². The van der Waals surface area contributed by atoms with Crippen LogP contribution in [0.25, 0.3) is 0 Å². The number of aliphatic imine (C=N–C) groups is 1. The fourth-order valence-corrected chi connectivity index (χ4v) is 3.01. The topological polar surface area (TPSA) is 72.7 Å². The lowest BCUT2D eigenvalue weighted by molar-refractivity contribution is 0.390. The minimum Gasteiger partial charge on any atom is -0.497 e. The first-order valence-corrected chi connectivity index (χ1v) is 9.41. The first-order valence-electron chi connectivity index (χ1n) is 9.41. The van der Waals surface area contributed by atoms with E-state index in [4.69, 9.17) is 9.47 Å². The summed E-state index contributed by atoms with van der Waals surface area (Å²) in [4.78, 5) is 8.40. The standard InChI is InChI=1S/C22H27N5O2/c1-23-22(26-14-19-7-8-20(28-2)12-21(19)29-3)25-13-17-5-4-6-18(11-17)15-27-10-9-24-16-27/h4-12,16H,13-15H2,1-3H3,(H2,23,25,26). The number of benzene rings is 2. The minimum absolute atomic E-state index is 0.591. The van der Waals surface area contributed by atoms with E-state index in [9.17, 15) is 0 Å². The van der Waals surface area contributed by atoms with Crippen LogP contribution in [-0.2, 0) is 19.6 Å². The highest BCUT2D eigenvalue weighted by Gasteiger charge is 2.06. The number of aromatic nitrogens is 2. The maximum absolute atomic E-state index is 5.45. The Bertz CT molecular complexity index is 938. The van der Waals surface area contributed by atoms with Crippen LogP contribution in [0.3, 0.4) is 0 Å². The van der Waals surface area contributed by atoms with Crippen LogP contribution in [0.15, 0.2) is 66.2 Å². The average molecular weight is 393 g/mol. The summed E-state index contributed by atoms with van der Waals surface area (Å²) in [7, 11) is 5.06. The monoisotopic (exact) mass is 393 g/mol. The van der Waals surface area contributed by atoms with E-state index in [1.165, 1.54) is 11.1 Å². The number of ether oxygens (including phenoxy) is 2. The Morgan fingerprint density at radius 1 is 1.03 bits per heavy atom. The van der Waals surface area contributed by atoms with Crippen LogP contribution in [0.2, 0.25) is 0 Å². The van der Waals surface area contributed by atoms with Crippen molar-refractivity contribution in [1.82, 2.24) is 20.2 Å². The Balaban J connectivity index is 1.56. The number of imidazole rings is 1. The fraction of sp³-hybridized carbons (Fsp3) is 0.273. The van der Waals surface area contributed by atoms with Gasteiger partial charge < -0.3 is 24.7 Å². The lowest BCUT2D eigenvalue weighted by Gasteiger charge is -2.15. The van der Waals surface area contributed by atoms with Gasteiger partial charge >= 0.3 is 0 Å². The predicted octanol–water partition coefficient (Wildman–Crippen LogP) is 2.81. The summed E-state index contributed by atoms with van der Waals surface area (Å²) in [6, 6.07) is 14.3. The molecule has 0 aliphatic rings. The van der Waals surface area contributed by atoms with Gasteiger partial charge in [0.15, 0.2) is 5.96 Å². The summed E-state index contributed by atoms with van der Waals surface area (Å²) in [5.41, 5.74) is 3.44. The Morgan fingerprint density at radius 3 is 2.59 bits per heavy atom. The van der Waals surface area contributed by atoms with Crippen molar-refractivity contribution >= 4 is 5.96 Å². The van der Waals surface area contributed by atoms with E-state index in [0.29, 0.717) is 13.1 Å². The van der Waals surface area contributed by atoms with Gasteiger partial charge in [0, 0.05) is 50.7 Å². The molecule has 1 heterocycles. The van der Waals surface area contributed by atoms with E-state index in [1.54, 1.807) is 27.5 Å². The van der Waals surface area contributed by atoms with Gasteiger partial charge in [-0.05, 0) is 23.3 Å². The molecule has 7 heteroatoms. The molecule has 0 aliphatic carbocycles. The van der Waals surface area contributed by atoms with Crippen LogP contribution in [0.1, 0.15) is 16.7 Å². The number of nitrogens with one attached hydrogen (secondary N) is 2. The van der Waals surface area contributed by atoms with Gasteiger partial charge in [0.2, 0.25) is 0 Å². The number of nitrogens with zero attached hydrogens (tertiary/aromatic N) is 3. The van der Waals surface area contributed by atoms with E-state index in [1.807, 2.05) is 30.7 Å². The Morgan fingerprint density at radius 2 is 1.86 bits per heavy atom. The Kier molecular flexibility index (Phi) is 7.10. The van der Waals surface area contributed by atoms with Crippen LogP contribution in [0.5, 0.6) is 11.5 Å². The summed E-state index contributed by atoms with van der Waals surface area (Å²) in [5, 5.41) is 6.68. The second kappa shape index (κ2) is 10.2. The molecule has 7 nitrogen and oxygen atoms in total. The zero-order valence-corrected chi connectivity index (χ0v) is 17.1. The summed E-state index contributed by atoms with van der Waals surface area (Å²) < 4.78 is 12.8. The predicted molar refractivity (Wildman–Crippen MR) is 114 cm³/mol. The summed E-state index contributed by atoms with van der Waals surface area (Å²) >= 11 is 0. The molecule has 0 fully saturated rings. The van der Waals surface area contributed by atoms with Gasteiger partial charge in [-0.1, -0.05) is 24.3 Å². The highest BCUT2D eigenvalue weighted by atomic mass is 16.5. The number of rotatable bonds is 8. The molecule has 0 radical (unpaired) electrons. The van der Waals surface area contributed by atoms with Crippen LogP contribution in [0.4, 0.5) is 0 Å². The number of hydrogen-bond donors (Lipinski definition) is 2. The highest BCUT2D eigenvalue weighted by molar-refractivity contribution is 5.79. The second-order valence-electron chi connectivity index (χ2n) is 6.51. The minimum atomic E-state index is 0.591. The number of guanidine groups is 1. The zero-order chi connectivity index (χ0) is 20.5. The van der Waals surface area contributed by atoms with Gasteiger partial charge in [-0.25, -0.2) is 4.98 Å². The van der Waals surface area contributed by atoms with Gasteiger partial charge in [0.1, 0.15) is 11.5 Å². The van der Waals surface area contributed by atoms with E-state index in [-0.39, 0.29) is 0 Å². The molecule has 0 spiro atoms.